The van der Waals surface area contributed by atoms with Crippen molar-refractivity contribution in [2.24, 2.45) is 13.0 Å². The van der Waals surface area contributed by atoms with Gasteiger partial charge in [0.2, 0.25) is 15.9 Å². The number of aliphatic hydroxyl groups excluding tert-OH is 1. The number of aliphatic hydroxyl groups is 1. The summed E-state index contributed by atoms with van der Waals surface area (Å²) in [6.07, 6.45) is 2.68. The second kappa shape index (κ2) is 11.4. The van der Waals surface area contributed by atoms with E-state index in [1.165, 1.54) is 11.4 Å². The lowest BCUT2D eigenvalue weighted by atomic mass is 9.99. The van der Waals surface area contributed by atoms with Crippen molar-refractivity contribution in [3.05, 3.63) is 59.8 Å². The number of hydrogen-bond acceptors (Lipinski definition) is 6. The first-order valence-corrected chi connectivity index (χ1v) is 14.7. The largest absolute Gasteiger partial charge is 0.488 e. The van der Waals surface area contributed by atoms with Crippen LogP contribution >= 0.6 is 0 Å². The first-order valence-electron chi connectivity index (χ1n) is 12.9. The molecule has 0 spiro atoms. The first kappa shape index (κ1) is 28.6. The number of sulfonamides is 1. The number of carbonyl (C=O) groups is 2. The topological polar surface area (TPSA) is 121 Å². The molecule has 0 radical (unpaired) electrons. The van der Waals surface area contributed by atoms with E-state index in [0.717, 1.165) is 22.7 Å². The summed E-state index contributed by atoms with van der Waals surface area (Å²) in [5.74, 6) is -0.494. The molecule has 0 saturated carbocycles. The molecular formula is C28H36N4O6S. The highest BCUT2D eigenvalue weighted by molar-refractivity contribution is 7.88. The van der Waals surface area contributed by atoms with E-state index in [2.05, 4.69) is 5.32 Å². The number of nitrogens with one attached hydrogen (secondary N) is 1. The molecule has 0 saturated heterocycles. The van der Waals surface area contributed by atoms with E-state index in [1.54, 1.807) is 30.0 Å². The summed E-state index contributed by atoms with van der Waals surface area (Å²) >= 11 is 0. The van der Waals surface area contributed by atoms with Crippen LogP contribution in [0.1, 0.15) is 29.8 Å². The molecule has 2 N–H and O–H groups in total. The molecule has 0 aliphatic carbocycles. The molecule has 0 unspecified atom stereocenters. The van der Waals surface area contributed by atoms with Gasteiger partial charge in [-0.2, -0.15) is 0 Å². The highest BCUT2D eigenvalue weighted by Gasteiger charge is 2.34. The summed E-state index contributed by atoms with van der Waals surface area (Å²) < 4.78 is 33.6. The number of nitrogens with zero attached hydrogens (tertiary/aromatic N) is 3. The molecule has 1 aromatic heterocycles. The van der Waals surface area contributed by atoms with Gasteiger partial charge in [0.25, 0.3) is 5.91 Å². The van der Waals surface area contributed by atoms with E-state index < -0.39 is 22.2 Å². The number of amides is 2. The Labute approximate surface area is 229 Å². The van der Waals surface area contributed by atoms with Gasteiger partial charge in [0, 0.05) is 49.3 Å². The van der Waals surface area contributed by atoms with Crippen molar-refractivity contribution in [1.82, 2.24) is 13.8 Å². The minimum absolute atomic E-state index is 0.0957. The Morgan fingerprint density at radius 3 is 2.67 bits per heavy atom. The SMILES string of the molecule is C[C@@H]1CN([C@@H](C)CO)C(=O)c2cc(NC(=O)Cc3cn(C)c4ccccc34)ccc2O[C@H]1CN(C)S(C)(=O)=O. The van der Waals surface area contributed by atoms with E-state index in [1.807, 2.05) is 49.0 Å². The van der Waals surface area contributed by atoms with Gasteiger partial charge in [0.05, 0.1) is 37.4 Å². The summed E-state index contributed by atoms with van der Waals surface area (Å²) in [6.45, 7) is 3.76. The molecule has 4 rings (SSSR count). The lowest BCUT2D eigenvalue weighted by Crippen LogP contribution is -2.50. The maximum absolute atomic E-state index is 13.6. The molecule has 11 heteroatoms. The zero-order valence-electron chi connectivity index (χ0n) is 22.9. The number of hydrogen-bond donors (Lipinski definition) is 2. The number of ether oxygens (including phenoxy) is 1. The Balaban J connectivity index is 1.62. The third-order valence-corrected chi connectivity index (χ3v) is 8.56. The lowest BCUT2D eigenvalue weighted by molar-refractivity contribution is -0.115. The maximum atomic E-state index is 13.6. The summed E-state index contributed by atoms with van der Waals surface area (Å²) in [5.41, 5.74) is 2.60. The predicted octanol–water partition coefficient (Wildman–Crippen LogP) is 2.47. The van der Waals surface area contributed by atoms with E-state index >= 15 is 0 Å². The van der Waals surface area contributed by atoms with Gasteiger partial charge in [-0.1, -0.05) is 25.1 Å². The summed E-state index contributed by atoms with van der Waals surface area (Å²) in [7, 11) is -0.0230. The number of anilines is 1. The highest BCUT2D eigenvalue weighted by Crippen LogP contribution is 2.31. The number of benzene rings is 2. The van der Waals surface area contributed by atoms with E-state index in [0.29, 0.717) is 11.4 Å². The Morgan fingerprint density at radius 2 is 1.97 bits per heavy atom. The normalized spacial score (nSPS) is 18.8. The number of rotatable bonds is 8. The molecule has 0 bridgehead atoms. The fourth-order valence-electron chi connectivity index (χ4n) is 4.85. The molecular weight excluding hydrogens is 520 g/mol. The molecule has 1 aliphatic rings. The first-order chi connectivity index (χ1) is 18.4. The quantitative estimate of drug-likeness (QED) is 0.440. The van der Waals surface area contributed by atoms with Crippen molar-refractivity contribution in [3.63, 3.8) is 0 Å². The van der Waals surface area contributed by atoms with Crippen LogP contribution in [0.4, 0.5) is 5.69 Å². The molecule has 210 valence electrons. The van der Waals surface area contributed by atoms with E-state index in [4.69, 9.17) is 4.74 Å². The van der Waals surface area contributed by atoms with Gasteiger partial charge in [-0.15, -0.1) is 0 Å². The number of para-hydroxylation sites is 1. The van der Waals surface area contributed by atoms with Crippen molar-refractivity contribution in [3.8, 4) is 5.75 Å². The van der Waals surface area contributed by atoms with Crippen LogP contribution in [0.2, 0.25) is 0 Å². The fourth-order valence-corrected chi connectivity index (χ4v) is 5.27. The predicted molar refractivity (Wildman–Crippen MR) is 150 cm³/mol. The van der Waals surface area contributed by atoms with Gasteiger partial charge in [-0.25, -0.2) is 12.7 Å². The molecule has 1 aliphatic heterocycles. The maximum Gasteiger partial charge on any atom is 0.258 e. The second-order valence-electron chi connectivity index (χ2n) is 10.4. The molecule has 10 nitrogen and oxygen atoms in total. The van der Waals surface area contributed by atoms with Gasteiger partial charge in [-0.3, -0.25) is 9.59 Å². The minimum atomic E-state index is -3.44. The Kier molecular flexibility index (Phi) is 8.34. The number of aromatic nitrogens is 1. The minimum Gasteiger partial charge on any atom is -0.488 e. The van der Waals surface area contributed by atoms with Gasteiger partial charge < -0.3 is 24.6 Å². The van der Waals surface area contributed by atoms with Crippen LogP contribution < -0.4 is 10.1 Å². The van der Waals surface area contributed by atoms with E-state index in [-0.39, 0.29) is 49.4 Å². The average molecular weight is 557 g/mol. The Hall–Kier alpha value is -3.41. The average Bonchev–Trinajstić information content (AvgIpc) is 3.20. The zero-order chi connectivity index (χ0) is 28.5. The fraction of sp³-hybridized carbons (Fsp3) is 0.429. The summed E-state index contributed by atoms with van der Waals surface area (Å²) in [5, 5.41) is 13.7. The van der Waals surface area contributed by atoms with Crippen LogP contribution in [0.3, 0.4) is 0 Å². The molecule has 2 heterocycles. The smallest absolute Gasteiger partial charge is 0.258 e. The lowest BCUT2D eigenvalue weighted by Gasteiger charge is -2.38. The third-order valence-electron chi connectivity index (χ3n) is 7.28. The standard InChI is InChI=1S/C28H36N4O6S/c1-18-14-32(19(2)17-33)28(35)23-13-21(10-11-25(23)38-26(18)16-31(4)39(5,36)37)29-27(34)12-20-15-30(3)24-9-7-6-8-22(20)24/h6-11,13,15,18-19,26,33H,12,14,16-17H2,1-5H3,(H,29,34)/t18-,19+,26+/m1/s1. The zero-order valence-corrected chi connectivity index (χ0v) is 23.7. The number of aryl methyl sites for hydroxylation is 1. The van der Waals surface area contributed by atoms with Crippen molar-refractivity contribution >= 4 is 38.4 Å². The summed E-state index contributed by atoms with van der Waals surface area (Å²) in [4.78, 5) is 28.2. The third kappa shape index (κ3) is 6.26. The van der Waals surface area contributed by atoms with Gasteiger partial charge in [-0.05, 0) is 36.8 Å². The van der Waals surface area contributed by atoms with Gasteiger partial charge in [0.15, 0.2) is 0 Å². The van der Waals surface area contributed by atoms with Crippen LogP contribution in [0, 0.1) is 5.92 Å². The van der Waals surface area contributed by atoms with Gasteiger partial charge in [0.1, 0.15) is 11.9 Å². The second-order valence-corrected chi connectivity index (χ2v) is 12.5. The number of likely N-dealkylation sites (N-methyl/N-ethyl adjacent to an activating group) is 1. The summed E-state index contributed by atoms with van der Waals surface area (Å²) in [6, 6.07) is 12.3. The Morgan fingerprint density at radius 1 is 1.26 bits per heavy atom. The van der Waals surface area contributed by atoms with Gasteiger partial charge >= 0.3 is 0 Å². The molecule has 2 amide bonds. The molecule has 0 fully saturated rings. The van der Waals surface area contributed by atoms with Crippen molar-refractivity contribution in [2.75, 3.05) is 38.3 Å². The van der Waals surface area contributed by atoms with E-state index in [9.17, 15) is 23.1 Å². The van der Waals surface area contributed by atoms with Crippen molar-refractivity contribution < 1.29 is 27.9 Å². The Bertz CT molecular complexity index is 1480. The highest BCUT2D eigenvalue weighted by atomic mass is 32.2. The van der Waals surface area contributed by atoms with Crippen LogP contribution in [0.5, 0.6) is 5.75 Å². The molecule has 2 aromatic carbocycles. The monoisotopic (exact) mass is 556 g/mol. The van der Waals surface area contributed by atoms with Crippen LogP contribution in [0.15, 0.2) is 48.7 Å². The molecule has 3 atom stereocenters. The number of fused-ring (bicyclic) bond motifs is 2. The molecule has 39 heavy (non-hydrogen) atoms. The van der Waals surface area contributed by atoms with Crippen molar-refractivity contribution in [1.29, 1.82) is 0 Å². The van der Waals surface area contributed by atoms with Crippen molar-refractivity contribution in [2.45, 2.75) is 32.4 Å². The van der Waals surface area contributed by atoms with Crippen LogP contribution in [-0.4, -0.2) is 84.3 Å². The molecule has 3 aromatic rings. The van der Waals surface area contributed by atoms with Crippen LogP contribution in [0.25, 0.3) is 10.9 Å². The van der Waals surface area contributed by atoms with Crippen LogP contribution in [-0.2, 0) is 28.3 Å². The number of carbonyl (C=O) groups excluding carboxylic acids is 2.